The molecular weight excluding hydrogens is 170 g/mol. The molecule has 0 aliphatic rings. The molecule has 0 bridgehead atoms. The van der Waals surface area contributed by atoms with Crippen LogP contribution in [0.1, 0.15) is 6.92 Å². The fourth-order valence-electron chi connectivity index (χ4n) is 0.914. The maximum atomic E-state index is 11.3. The molecule has 0 saturated carbocycles. The maximum Gasteiger partial charge on any atom is 0.331 e. The number of rotatable bonds is 5. The summed E-state index contributed by atoms with van der Waals surface area (Å²) >= 11 is 0. The van der Waals surface area contributed by atoms with E-state index in [4.69, 9.17) is 4.74 Å². The first-order valence-corrected chi connectivity index (χ1v) is 4.04. The van der Waals surface area contributed by atoms with Crippen LogP contribution in [0.4, 0.5) is 0 Å². The number of hydrogen-bond donors (Lipinski definition) is 0. The van der Waals surface area contributed by atoms with Crippen molar-refractivity contribution >= 4 is 11.8 Å². The second-order valence-corrected chi connectivity index (χ2v) is 2.72. The van der Waals surface area contributed by atoms with E-state index in [1.165, 1.54) is 4.90 Å². The van der Waals surface area contributed by atoms with Gasteiger partial charge in [-0.1, -0.05) is 6.58 Å². The first-order chi connectivity index (χ1) is 6.04. The fourth-order valence-corrected chi connectivity index (χ4v) is 0.914. The van der Waals surface area contributed by atoms with E-state index in [0.717, 1.165) is 6.08 Å². The van der Waals surface area contributed by atoms with Gasteiger partial charge in [-0.2, -0.15) is 0 Å². The van der Waals surface area contributed by atoms with Gasteiger partial charge in [-0.3, -0.25) is 9.69 Å². The molecule has 0 spiro atoms. The van der Waals surface area contributed by atoms with Crippen LogP contribution in [0.3, 0.4) is 0 Å². The van der Waals surface area contributed by atoms with Crippen molar-refractivity contribution < 1.29 is 14.3 Å². The van der Waals surface area contributed by atoms with Crippen molar-refractivity contribution in [1.29, 1.82) is 0 Å². The predicted octanol–water partition coefficient (Wildman–Crippen LogP) is 0.235. The molecule has 0 aromatic heterocycles. The van der Waals surface area contributed by atoms with Gasteiger partial charge in [0, 0.05) is 0 Å². The summed E-state index contributed by atoms with van der Waals surface area (Å²) < 4.78 is 4.74. The van der Waals surface area contributed by atoms with E-state index >= 15 is 0 Å². The lowest BCUT2D eigenvalue weighted by atomic mass is 10.1. The zero-order valence-corrected chi connectivity index (χ0v) is 8.24. The smallest absolute Gasteiger partial charge is 0.331 e. The van der Waals surface area contributed by atoms with Crippen LogP contribution in [0.5, 0.6) is 0 Å². The maximum absolute atomic E-state index is 11.3. The largest absolute Gasteiger partial charge is 0.464 e. The van der Waals surface area contributed by atoms with E-state index in [0.29, 0.717) is 0 Å². The van der Waals surface area contributed by atoms with Crippen molar-refractivity contribution in [3.05, 3.63) is 12.7 Å². The Morgan fingerprint density at radius 2 is 2.08 bits per heavy atom. The fraction of sp³-hybridized carbons (Fsp3) is 0.556. The van der Waals surface area contributed by atoms with E-state index in [2.05, 4.69) is 6.58 Å². The minimum Gasteiger partial charge on any atom is -0.464 e. The number of esters is 1. The molecule has 4 heteroatoms. The van der Waals surface area contributed by atoms with E-state index < -0.39 is 12.0 Å². The number of likely N-dealkylation sites (N-methyl/N-ethyl adjacent to an activating group) is 1. The highest BCUT2D eigenvalue weighted by molar-refractivity contribution is 6.08. The van der Waals surface area contributed by atoms with Crippen LogP contribution in [-0.2, 0) is 14.3 Å². The van der Waals surface area contributed by atoms with E-state index in [9.17, 15) is 9.59 Å². The second-order valence-electron chi connectivity index (χ2n) is 2.72. The Morgan fingerprint density at radius 1 is 1.54 bits per heavy atom. The summed E-state index contributed by atoms with van der Waals surface area (Å²) in [6, 6.07) is -0.863. The Kier molecular flexibility index (Phi) is 4.99. The zero-order chi connectivity index (χ0) is 10.4. The van der Waals surface area contributed by atoms with Gasteiger partial charge in [0.2, 0.25) is 0 Å². The van der Waals surface area contributed by atoms with Gasteiger partial charge in [-0.15, -0.1) is 0 Å². The average Bonchev–Trinajstić information content (AvgIpc) is 2.04. The Morgan fingerprint density at radius 3 is 2.38 bits per heavy atom. The standard InChI is InChI=1S/C9H15NO3/c1-5-7(11)8(10(3)4)9(12)13-6-2/h5,8H,1,6H2,2-4H3. The van der Waals surface area contributed by atoms with Gasteiger partial charge < -0.3 is 4.74 Å². The summed E-state index contributed by atoms with van der Waals surface area (Å²) in [5.41, 5.74) is 0. The number of nitrogens with zero attached hydrogens (tertiary/aromatic N) is 1. The lowest BCUT2D eigenvalue weighted by Crippen LogP contribution is -2.42. The monoisotopic (exact) mass is 185 g/mol. The zero-order valence-electron chi connectivity index (χ0n) is 8.24. The molecule has 0 rings (SSSR count). The van der Waals surface area contributed by atoms with Crippen molar-refractivity contribution in [3.63, 3.8) is 0 Å². The predicted molar refractivity (Wildman–Crippen MR) is 49.3 cm³/mol. The van der Waals surface area contributed by atoms with Crippen molar-refractivity contribution in [2.75, 3.05) is 20.7 Å². The van der Waals surface area contributed by atoms with Gasteiger partial charge in [0.05, 0.1) is 6.61 Å². The highest BCUT2D eigenvalue weighted by Gasteiger charge is 2.27. The van der Waals surface area contributed by atoms with Crippen molar-refractivity contribution in [2.24, 2.45) is 0 Å². The molecule has 0 heterocycles. The Bertz CT molecular complexity index is 211. The first-order valence-electron chi connectivity index (χ1n) is 4.04. The highest BCUT2D eigenvalue weighted by Crippen LogP contribution is 1.99. The van der Waals surface area contributed by atoms with Crippen molar-refractivity contribution in [1.82, 2.24) is 4.90 Å². The molecule has 1 unspecified atom stereocenters. The molecule has 0 radical (unpaired) electrons. The van der Waals surface area contributed by atoms with Crippen molar-refractivity contribution in [3.8, 4) is 0 Å². The number of hydrogen-bond acceptors (Lipinski definition) is 4. The third-order valence-corrected chi connectivity index (χ3v) is 1.50. The van der Waals surface area contributed by atoms with Crippen LogP contribution in [-0.4, -0.2) is 43.4 Å². The van der Waals surface area contributed by atoms with Crippen molar-refractivity contribution in [2.45, 2.75) is 13.0 Å². The van der Waals surface area contributed by atoms with E-state index in [1.54, 1.807) is 21.0 Å². The molecule has 0 aliphatic heterocycles. The Balaban J connectivity index is 4.50. The first kappa shape index (κ1) is 11.8. The molecular formula is C9H15NO3. The summed E-state index contributed by atoms with van der Waals surface area (Å²) in [5, 5.41) is 0. The number of ether oxygens (including phenoxy) is 1. The SMILES string of the molecule is C=CC(=O)C(C(=O)OCC)N(C)C. The third-order valence-electron chi connectivity index (χ3n) is 1.50. The molecule has 0 N–H and O–H groups in total. The average molecular weight is 185 g/mol. The molecule has 0 fully saturated rings. The minimum atomic E-state index is -0.863. The van der Waals surface area contributed by atoms with Crippen LogP contribution in [0.15, 0.2) is 12.7 Å². The molecule has 0 amide bonds. The van der Waals surface area contributed by atoms with Crippen LogP contribution in [0, 0.1) is 0 Å². The number of ketones is 1. The van der Waals surface area contributed by atoms with Gasteiger partial charge in [-0.25, -0.2) is 4.79 Å². The topological polar surface area (TPSA) is 46.6 Å². The van der Waals surface area contributed by atoms with Gasteiger partial charge >= 0.3 is 5.97 Å². The summed E-state index contributed by atoms with van der Waals surface area (Å²) in [6.07, 6.45) is 1.13. The van der Waals surface area contributed by atoms with Crippen LogP contribution >= 0.6 is 0 Å². The number of carbonyl (C=O) groups excluding carboxylic acids is 2. The molecule has 4 nitrogen and oxygen atoms in total. The highest BCUT2D eigenvalue weighted by atomic mass is 16.5. The van der Waals surface area contributed by atoms with Crippen LogP contribution < -0.4 is 0 Å². The Hall–Kier alpha value is -1.16. The molecule has 13 heavy (non-hydrogen) atoms. The van der Waals surface area contributed by atoms with Crippen LogP contribution in [0.25, 0.3) is 0 Å². The molecule has 0 aliphatic carbocycles. The van der Waals surface area contributed by atoms with E-state index in [-0.39, 0.29) is 12.4 Å². The third kappa shape index (κ3) is 3.38. The quantitative estimate of drug-likeness (QED) is 0.349. The van der Waals surface area contributed by atoms with Gasteiger partial charge in [0.25, 0.3) is 0 Å². The molecule has 0 aromatic rings. The molecule has 1 atom stereocenters. The number of carbonyl (C=O) groups is 2. The van der Waals surface area contributed by atoms with Crippen LogP contribution in [0.2, 0.25) is 0 Å². The van der Waals surface area contributed by atoms with Gasteiger partial charge in [0.15, 0.2) is 11.8 Å². The molecule has 74 valence electrons. The minimum absolute atomic E-state index is 0.271. The molecule has 0 saturated heterocycles. The normalized spacial score (nSPS) is 12.3. The van der Waals surface area contributed by atoms with E-state index in [1.807, 2.05) is 0 Å². The van der Waals surface area contributed by atoms with Gasteiger partial charge in [-0.05, 0) is 27.1 Å². The summed E-state index contributed by atoms with van der Waals surface area (Å²) in [6.45, 7) is 5.29. The lowest BCUT2D eigenvalue weighted by Gasteiger charge is -2.19. The molecule has 0 aromatic carbocycles. The lowest BCUT2D eigenvalue weighted by molar-refractivity contribution is -0.151. The Labute approximate surface area is 78.2 Å². The summed E-state index contributed by atoms with van der Waals surface area (Å²) in [7, 11) is 3.28. The van der Waals surface area contributed by atoms with Gasteiger partial charge in [0.1, 0.15) is 0 Å². The summed E-state index contributed by atoms with van der Waals surface area (Å²) in [4.78, 5) is 24.0. The summed E-state index contributed by atoms with van der Waals surface area (Å²) in [5.74, 6) is -0.874. The second kappa shape index (κ2) is 5.48.